The van der Waals surface area contributed by atoms with Crippen molar-refractivity contribution in [2.75, 3.05) is 4.72 Å². The van der Waals surface area contributed by atoms with Gasteiger partial charge < -0.3 is 5.11 Å². The van der Waals surface area contributed by atoms with E-state index in [1.165, 1.54) is 12.3 Å². The number of nitrogens with zero attached hydrogens (tertiary/aromatic N) is 1. The smallest absolute Gasteiger partial charge is 0.263 e. The Labute approximate surface area is 125 Å². The van der Waals surface area contributed by atoms with Gasteiger partial charge in [0.15, 0.2) is 0 Å². The van der Waals surface area contributed by atoms with E-state index in [0.29, 0.717) is 15.7 Å². The molecule has 5 nitrogen and oxygen atoms in total. The van der Waals surface area contributed by atoms with Gasteiger partial charge >= 0.3 is 0 Å². The lowest BCUT2D eigenvalue weighted by atomic mass is 10.1. The van der Waals surface area contributed by atoms with Crippen LogP contribution in [0.4, 0.5) is 5.69 Å². The maximum Gasteiger partial charge on any atom is 0.263 e. The zero-order valence-corrected chi connectivity index (χ0v) is 13.1. The average Bonchev–Trinajstić information content (AvgIpc) is 2.42. The van der Waals surface area contributed by atoms with Crippen molar-refractivity contribution in [3.05, 3.63) is 52.3 Å². The summed E-state index contributed by atoms with van der Waals surface area (Å²) in [7, 11) is -3.75. The maximum absolute atomic E-state index is 12.4. The van der Waals surface area contributed by atoms with Gasteiger partial charge in [0, 0.05) is 10.7 Å². The lowest BCUT2D eigenvalue weighted by Gasteiger charge is -2.12. The van der Waals surface area contributed by atoms with Gasteiger partial charge in [0.25, 0.3) is 10.0 Å². The number of pyridine rings is 1. The molecule has 0 aliphatic carbocycles. The molecule has 2 aromatic rings. The highest BCUT2D eigenvalue weighted by Crippen LogP contribution is 2.28. The summed E-state index contributed by atoms with van der Waals surface area (Å²) >= 11 is 3.28. The van der Waals surface area contributed by atoms with Crippen molar-refractivity contribution in [1.82, 2.24) is 4.98 Å². The van der Waals surface area contributed by atoms with Crippen LogP contribution in [0.15, 0.2) is 46.0 Å². The third-order valence-electron chi connectivity index (χ3n) is 2.67. The van der Waals surface area contributed by atoms with E-state index in [0.717, 1.165) is 5.56 Å². The van der Waals surface area contributed by atoms with E-state index in [9.17, 15) is 13.5 Å². The first kappa shape index (κ1) is 15.0. The summed E-state index contributed by atoms with van der Waals surface area (Å²) in [5.74, 6) is 0. The summed E-state index contributed by atoms with van der Waals surface area (Å²) in [6.07, 6.45) is 2.98. The molecule has 0 atom stereocenters. The second-order valence-electron chi connectivity index (χ2n) is 4.23. The molecule has 0 aliphatic rings. The van der Waals surface area contributed by atoms with E-state index in [2.05, 4.69) is 25.6 Å². The van der Waals surface area contributed by atoms with Crippen molar-refractivity contribution in [3.8, 4) is 0 Å². The lowest BCUT2D eigenvalue weighted by molar-refractivity contribution is 0.281. The van der Waals surface area contributed by atoms with E-state index in [-0.39, 0.29) is 11.5 Å². The fraction of sp³-hybridized carbons (Fsp3) is 0.154. The minimum atomic E-state index is -3.75. The number of anilines is 1. The second-order valence-corrected chi connectivity index (χ2v) is 6.67. The molecule has 0 unspecified atom stereocenters. The van der Waals surface area contributed by atoms with E-state index in [1.54, 1.807) is 31.3 Å². The molecule has 1 aromatic carbocycles. The molecular formula is C13H13BrN2O3S. The van der Waals surface area contributed by atoms with Gasteiger partial charge in [-0.1, -0.05) is 6.07 Å². The average molecular weight is 357 g/mol. The van der Waals surface area contributed by atoms with Gasteiger partial charge in [0.1, 0.15) is 4.90 Å². The number of benzene rings is 1. The molecule has 20 heavy (non-hydrogen) atoms. The highest BCUT2D eigenvalue weighted by Gasteiger charge is 2.20. The minimum absolute atomic E-state index is 0.0883. The van der Waals surface area contributed by atoms with Gasteiger partial charge in [-0.25, -0.2) is 8.42 Å². The highest BCUT2D eigenvalue weighted by atomic mass is 79.9. The third kappa shape index (κ3) is 3.17. The van der Waals surface area contributed by atoms with Gasteiger partial charge in [-0.15, -0.1) is 0 Å². The SMILES string of the molecule is Cc1cc(CO)cc(S(=O)(=O)Nc2cccnc2)c1Br. The van der Waals surface area contributed by atoms with Crippen LogP contribution in [0.5, 0.6) is 0 Å². The van der Waals surface area contributed by atoms with E-state index < -0.39 is 10.0 Å². The summed E-state index contributed by atoms with van der Waals surface area (Å²) < 4.78 is 27.7. The number of aliphatic hydroxyl groups is 1. The van der Waals surface area contributed by atoms with E-state index in [1.807, 2.05) is 0 Å². The monoisotopic (exact) mass is 356 g/mol. The first-order valence-electron chi connectivity index (χ1n) is 5.77. The molecule has 106 valence electrons. The van der Waals surface area contributed by atoms with Crippen LogP contribution < -0.4 is 4.72 Å². The molecule has 0 spiro atoms. The van der Waals surface area contributed by atoms with Crippen molar-refractivity contribution in [1.29, 1.82) is 0 Å². The van der Waals surface area contributed by atoms with Crippen LogP contribution in [0.2, 0.25) is 0 Å². The summed E-state index contributed by atoms with van der Waals surface area (Å²) in [6, 6.07) is 6.42. The molecule has 0 fully saturated rings. The summed E-state index contributed by atoms with van der Waals surface area (Å²) in [5, 5.41) is 9.19. The number of aromatic nitrogens is 1. The Morgan fingerprint density at radius 1 is 1.40 bits per heavy atom. The van der Waals surface area contributed by atoms with Crippen LogP contribution in [0, 0.1) is 6.92 Å². The van der Waals surface area contributed by atoms with Gasteiger partial charge in [0.05, 0.1) is 18.5 Å². The van der Waals surface area contributed by atoms with Crippen LogP contribution in [0.3, 0.4) is 0 Å². The number of aryl methyl sites for hydroxylation is 1. The van der Waals surface area contributed by atoms with Crippen molar-refractivity contribution in [2.45, 2.75) is 18.4 Å². The van der Waals surface area contributed by atoms with Crippen molar-refractivity contribution in [3.63, 3.8) is 0 Å². The first-order valence-corrected chi connectivity index (χ1v) is 8.04. The zero-order chi connectivity index (χ0) is 14.8. The lowest BCUT2D eigenvalue weighted by Crippen LogP contribution is -2.14. The van der Waals surface area contributed by atoms with Gasteiger partial charge in [0.2, 0.25) is 0 Å². The molecule has 0 saturated heterocycles. The van der Waals surface area contributed by atoms with E-state index >= 15 is 0 Å². The molecule has 7 heteroatoms. The molecule has 1 heterocycles. The van der Waals surface area contributed by atoms with Crippen LogP contribution in [-0.2, 0) is 16.6 Å². The van der Waals surface area contributed by atoms with Crippen molar-refractivity contribution >= 4 is 31.6 Å². The third-order valence-corrected chi connectivity index (χ3v) is 5.39. The number of nitrogens with one attached hydrogen (secondary N) is 1. The molecule has 0 bridgehead atoms. The number of hydrogen-bond donors (Lipinski definition) is 2. The van der Waals surface area contributed by atoms with E-state index in [4.69, 9.17) is 0 Å². The molecule has 2 N–H and O–H groups in total. The van der Waals surface area contributed by atoms with Gasteiger partial charge in [-0.2, -0.15) is 0 Å². The predicted octanol–water partition coefficient (Wildman–Crippen LogP) is 2.45. The molecule has 0 amide bonds. The van der Waals surface area contributed by atoms with Gasteiger partial charge in [-0.05, 0) is 52.2 Å². The Morgan fingerprint density at radius 3 is 2.75 bits per heavy atom. The van der Waals surface area contributed by atoms with Crippen LogP contribution in [0.25, 0.3) is 0 Å². The number of halogens is 1. The standard InChI is InChI=1S/C13H13BrN2O3S/c1-9-5-10(8-17)6-12(13(9)14)20(18,19)16-11-3-2-4-15-7-11/h2-7,16-17H,8H2,1H3. The Bertz CT molecular complexity index is 718. The summed E-state index contributed by atoms with van der Waals surface area (Å²) in [5.41, 5.74) is 1.66. The largest absolute Gasteiger partial charge is 0.392 e. The number of aliphatic hydroxyl groups excluding tert-OH is 1. The zero-order valence-electron chi connectivity index (χ0n) is 10.7. The molecule has 0 aliphatic heterocycles. The van der Waals surface area contributed by atoms with Crippen molar-refractivity contribution < 1.29 is 13.5 Å². The molecule has 0 saturated carbocycles. The molecule has 0 radical (unpaired) electrons. The molecule has 2 rings (SSSR count). The second kappa shape index (κ2) is 5.90. The van der Waals surface area contributed by atoms with Gasteiger partial charge in [-0.3, -0.25) is 9.71 Å². The minimum Gasteiger partial charge on any atom is -0.392 e. The Balaban J connectivity index is 2.47. The summed E-state index contributed by atoms with van der Waals surface area (Å²) in [6.45, 7) is 1.55. The predicted molar refractivity (Wildman–Crippen MR) is 79.8 cm³/mol. The fourth-order valence-corrected chi connectivity index (χ4v) is 3.84. The topological polar surface area (TPSA) is 79.3 Å². The molecule has 1 aromatic heterocycles. The molecular weight excluding hydrogens is 344 g/mol. The number of hydrogen-bond acceptors (Lipinski definition) is 4. The van der Waals surface area contributed by atoms with Crippen molar-refractivity contribution in [2.24, 2.45) is 0 Å². The highest BCUT2D eigenvalue weighted by molar-refractivity contribution is 9.10. The first-order chi connectivity index (χ1) is 9.44. The van der Waals surface area contributed by atoms with Crippen LogP contribution in [-0.4, -0.2) is 18.5 Å². The maximum atomic E-state index is 12.4. The quantitative estimate of drug-likeness (QED) is 0.881. The Kier molecular flexibility index (Phi) is 4.42. The fourth-order valence-electron chi connectivity index (χ4n) is 1.73. The van der Waals surface area contributed by atoms with Crippen LogP contribution in [0.1, 0.15) is 11.1 Å². The number of sulfonamides is 1. The normalized spacial score (nSPS) is 11.3. The van der Waals surface area contributed by atoms with Crippen LogP contribution >= 0.6 is 15.9 Å². The Hall–Kier alpha value is -1.44. The summed E-state index contributed by atoms with van der Waals surface area (Å²) in [4.78, 5) is 3.95. The number of rotatable bonds is 4. The Morgan fingerprint density at radius 2 is 2.15 bits per heavy atom.